The lowest BCUT2D eigenvalue weighted by Gasteiger charge is -2.39. The summed E-state index contributed by atoms with van der Waals surface area (Å²) in [5.41, 5.74) is 0. The molecular formula is C20H30N2O3. The van der Waals surface area contributed by atoms with Crippen molar-refractivity contribution in [2.75, 3.05) is 26.2 Å². The molecule has 0 unspecified atom stereocenters. The van der Waals surface area contributed by atoms with E-state index in [2.05, 4.69) is 17.9 Å². The molecule has 0 bridgehead atoms. The number of amides is 1. The number of aliphatic hydroxyl groups excluding tert-OH is 1. The highest BCUT2D eigenvalue weighted by molar-refractivity contribution is 5.76. The Morgan fingerprint density at radius 2 is 2.00 bits per heavy atom. The van der Waals surface area contributed by atoms with Crippen molar-refractivity contribution < 1.29 is 14.3 Å². The lowest BCUT2D eigenvalue weighted by atomic mass is 10.1. The Labute approximate surface area is 150 Å². The predicted octanol–water partition coefficient (Wildman–Crippen LogP) is 2.39. The Hall–Kier alpha value is -1.33. The summed E-state index contributed by atoms with van der Waals surface area (Å²) < 4.78 is 5.91. The molecule has 25 heavy (non-hydrogen) atoms. The highest BCUT2D eigenvalue weighted by Crippen LogP contribution is 2.47. The monoisotopic (exact) mass is 346 g/mol. The van der Waals surface area contributed by atoms with Gasteiger partial charge >= 0.3 is 0 Å². The molecule has 1 N–H and O–H groups in total. The Kier molecular flexibility index (Phi) is 4.87. The van der Waals surface area contributed by atoms with Crippen LogP contribution in [0.25, 0.3) is 0 Å². The SMILES string of the molecule is C[C@@H]1C[C@@H]1c1ccc(CCC(=O)N2CCN([C@@H]3CCC[C@@H]3O)CC2)o1. The number of nitrogens with zero attached hydrogens (tertiary/aromatic N) is 2. The zero-order valence-corrected chi connectivity index (χ0v) is 15.2. The molecule has 4 rings (SSSR count). The molecule has 0 radical (unpaired) electrons. The van der Waals surface area contributed by atoms with E-state index in [1.54, 1.807) is 0 Å². The van der Waals surface area contributed by atoms with Crippen LogP contribution in [0.3, 0.4) is 0 Å². The number of carbonyl (C=O) groups excluding carboxylic acids is 1. The first-order valence-electron chi connectivity index (χ1n) is 9.90. The third-order valence-electron chi connectivity index (χ3n) is 6.32. The first-order valence-corrected chi connectivity index (χ1v) is 9.90. The number of furan rings is 1. The van der Waals surface area contributed by atoms with Gasteiger partial charge in [0.25, 0.3) is 0 Å². The van der Waals surface area contributed by atoms with Crippen molar-refractivity contribution >= 4 is 5.91 Å². The van der Waals surface area contributed by atoms with Crippen molar-refractivity contribution in [3.8, 4) is 0 Å². The molecule has 2 saturated carbocycles. The topological polar surface area (TPSA) is 56.9 Å². The number of hydrogen-bond acceptors (Lipinski definition) is 4. The molecular weight excluding hydrogens is 316 g/mol. The Morgan fingerprint density at radius 1 is 1.24 bits per heavy atom. The summed E-state index contributed by atoms with van der Waals surface area (Å²) in [5.74, 6) is 3.61. The van der Waals surface area contributed by atoms with Crippen LogP contribution in [0.5, 0.6) is 0 Å². The van der Waals surface area contributed by atoms with Crippen molar-refractivity contribution in [3.63, 3.8) is 0 Å². The van der Waals surface area contributed by atoms with Gasteiger partial charge in [0.05, 0.1) is 6.10 Å². The van der Waals surface area contributed by atoms with Gasteiger partial charge < -0.3 is 14.4 Å². The van der Waals surface area contributed by atoms with Gasteiger partial charge in [-0.05, 0) is 43.7 Å². The largest absolute Gasteiger partial charge is 0.466 e. The van der Waals surface area contributed by atoms with E-state index >= 15 is 0 Å². The number of hydrogen-bond donors (Lipinski definition) is 1. The maximum absolute atomic E-state index is 12.5. The molecule has 5 heteroatoms. The fraction of sp³-hybridized carbons (Fsp3) is 0.750. The highest BCUT2D eigenvalue weighted by atomic mass is 16.3. The molecule has 1 aromatic heterocycles. The maximum Gasteiger partial charge on any atom is 0.223 e. The first-order chi connectivity index (χ1) is 12.1. The van der Waals surface area contributed by atoms with Crippen LogP contribution in [0.15, 0.2) is 16.5 Å². The van der Waals surface area contributed by atoms with Crippen molar-refractivity contribution in [2.45, 2.75) is 63.5 Å². The van der Waals surface area contributed by atoms with Crippen molar-refractivity contribution in [2.24, 2.45) is 5.92 Å². The highest BCUT2D eigenvalue weighted by Gasteiger charge is 2.36. The normalized spacial score (nSPS) is 33.0. The van der Waals surface area contributed by atoms with E-state index in [0.29, 0.717) is 24.8 Å². The van der Waals surface area contributed by atoms with Crippen LogP contribution in [0, 0.1) is 5.92 Å². The summed E-state index contributed by atoms with van der Waals surface area (Å²) in [6, 6.07) is 4.43. The summed E-state index contributed by atoms with van der Waals surface area (Å²) in [5, 5.41) is 10.1. The van der Waals surface area contributed by atoms with Gasteiger partial charge in [0.1, 0.15) is 11.5 Å². The molecule has 5 nitrogen and oxygen atoms in total. The molecule has 1 saturated heterocycles. The van der Waals surface area contributed by atoms with Gasteiger partial charge in [-0.15, -0.1) is 0 Å². The molecule has 2 heterocycles. The van der Waals surface area contributed by atoms with Crippen LogP contribution in [0.4, 0.5) is 0 Å². The smallest absolute Gasteiger partial charge is 0.223 e. The van der Waals surface area contributed by atoms with Gasteiger partial charge in [-0.3, -0.25) is 9.69 Å². The Balaban J connectivity index is 1.22. The van der Waals surface area contributed by atoms with Gasteiger partial charge in [0.2, 0.25) is 5.91 Å². The van der Waals surface area contributed by atoms with Crippen LogP contribution in [-0.4, -0.2) is 59.1 Å². The van der Waals surface area contributed by atoms with E-state index in [4.69, 9.17) is 4.42 Å². The van der Waals surface area contributed by atoms with Gasteiger partial charge in [0.15, 0.2) is 0 Å². The quantitative estimate of drug-likeness (QED) is 0.889. The van der Waals surface area contributed by atoms with E-state index in [1.807, 2.05) is 11.0 Å². The number of aryl methyl sites for hydroxylation is 1. The second-order valence-electron chi connectivity index (χ2n) is 8.11. The molecule has 3 fully saturated rings. The molecule has 2 aliphatic carbocycles. The number of aliphatic hydroxyl groups is 1. The molecule has 138 valence electrons. The fourth-order valence-electron chi connectivity index (χ4n) is 4.48. The first kappa shape index (κ1) is 17.1. The van der Waals surface area contributed by atoms with E-state index in [9.17, 15) is 9.90 Å². The molecule has 1 aromatic rings. The second kappa shape index (κ2) is 7.12. The molecule has 3 aliphatic rings. The van der Waals surface area contributed by atoms with Gasteiger partial charge in [0, 0.05) is 51.0 Å². The lowest BCUT2D eigenvalue weighted by Crippen LogP contribution is -2.53. The molecule has 1 aliphatic heterocycles. The van der Waals surface area contributed by atoms with E-state index < -0.39 is 0 Å². The summed E-state index contributed by atoms with van der Waals surface area (Å²) in [4.78, 5) is 16.8. The Bertz CT molecular complexity index is 606. The van der Waals surface area contributed by atoms with Gasteiger partial charge in [-0.1, -0.05) is 6.92 Å². The van der Waals surface area contributed by atoms with Crippen molar-refractivity contribution in [3.05, 3.63) is 23.7 Å². The third-order valence-corrected chi connectivity index (χ3v) is 6.32. The average molecular weight is 346 g/mol. The fourth-order valence-corrected chi connectivity index (χ4v) is 4.48. The molecule has 4 atom stereocenters. The van der Waals surface area contributed by atoms with Crippen LogP contribution in [0.2, 0.25) is 0 Å². The molecule has 1 amide bonds. The predicted molar refractivity (Wildman–Crippen MR) is 95.3 cm³/mol. The zero-order chi connectivity index (χ0) is 17.4. The van der Waals surface area contributed by atoms with E-state index in [0.717, 1.165) is 62.9 Å². The van der Waals surface area contributed by atoms with E-state index in [-0.39, 0.29) is 12.0 Å². The molecule has 0 aromatic carbocycles. The Morgan fingerprint density at radius 3 is 2.64 bits per heavy atom. The second-order valence-corrected chi connectivity index (χ2v) is 8.11. The summed E-state index contributed by atoms with van der Waals surface area (Å²) in [6.45, 7) is 5.59. The minimum Gasteiger partial charge on any atom is -0.466 e. The van der Waals surface area contributed by atoms with Crippen LogP contribution in [-0.2, 0) is 11.2 Å². The minimum atomic E-state index is -0.176. The van der Waals surface area contributed by atoms with Gasteiger partial charge in [-0.2, -0.15) is 0 Å². The lowest BCUT2D eigenvalue weighted by molar-refractivity contribution is -0.133. The summed E-state index contributed by atoms with van der Waals surface area (Å²) in [6.07, 6.45) is 5.41. The average Bonchev–Trinajstić information content (AvgIpc) is 3.01. The number of piperazine rings is 1. The summed E-state index contributed by atoms with van der Waals surface area (Å²) >= 11 is 0. The molecule has 0 spiro atoms. The van der Waals surface area contributed by atoms with Gasteiger partial charge in [-0.25, -0.2) is 0 Å². The number of carbonyl (C=O) groups is 1. The maximum atomic E-state index is 12.5. The van der Waals surface area contributed by atoms with E-state index in [1.165, 1.54) is 6.42 Å². The zero-order valence-electron chi connectivity index (χ0n) is 15.2. The number of rotatable bonds is 5. The standard InChI is InChI=1S/C20H30N2O3/c1-14-13-16(14)19-7-5-15(25-19)6-8-20(24)22-11-9-21(10-12-22)17-3-2-4-18(17)23/h5,7,14,16-18,23H,2-4,6,8-13H2,1H3/t14-,16+,17-,18+/m1/s1. The van der Waals surface area contributed by atoms with Crippen LogP contribution >= 0.6 is 0 Å². The third kappa shape index (κ3) is 3.77. The van der Waals surface area contributed by atoms with Crippen molar-refractivity contribution in [1.29, 1.82) is 0 Å². The van der Waals surface area contributed by atoms with Crippen molar-refractivity contribution in [1.82, 2.24) is 9.80 Å². The van der Waals surface area contributed by atoms with Crippen LogP contribution < -0.4 is 0 Å². The minimum absolute atomic E-state index is 0.176. The summed E-state index contributed by atoms with van der Waals surface area (Å²) in [7, 11) is 0. The van der Waals surface area contributed by atoms with Crippen LogP contribution in [0.1, 0.15) is 56.5 Å².